The molecule has 1 aromatic rings. The predicted octanol–water partition coefficient (Wildman–Crippen LogP) is 0.796. The Morgan fingerprint density at radius 1 is 1.53 bits per heavy atom. The van der Waals surface area contributed by atoms with Crippen molar-refractivity contribution in [1.82, 2.24) is 19.9 Å². The van der Waals surface area contributed by atoms with Crippen molar-refractivity contribution in [3.63, 3.8) is 0 Å². The molecule has 2 N–H and O–H groups in total. The van der Waals surface area contributed by atoms with E-state index in [1.807, 2.05) is 13.2 Å². The van der Waals surface area contributed by atoms with Crippen LogP contribution in [-0.2, 0) is 13.6 Å². The zero-order valence-electron chi connectivity index (χ0n) is 10.8. The maximum Gasteiger partial charge on any atom is 0.0967 e. The van der Waals surface area contributed by atoms with Crippen LogP contribution < -0.4 is 5.73 Å². The second kappa shape index (κ2) is 5.33. The van der Waals surface area contributed by atoms with E-state index < -0.39 is 0 Å². The van der Waals surface area contributed by atoms with E-state index in [9.17, 15) is 0 Å². The first-order valence-corrected chi connectivity index (χ1v) is 5.80. The Morgan fingerprint density at radius 2 is 2.24 bits per heavy atom. The van der Waals surface area contributed by atoms with Gasteiger partial charge < -0.3 is 5.73 Å². The number of nitrogens with two attached hydrogens (primary N) is 1. The van der Waals surface area contributed by atoms with Gasteiger partial charge in [-0.3, -0.25) is 9.58 Å². The quantitative estimate of drug-likeness (QED) is 0.854. The van der Waals surface area contributed by atoms with Crippen molar-refractivity contribution < 1.29 is 0 Å². The van der Waals surface area contributed by atoms with Gasteiger partial charge in [0.2, 0.25) is 0 Å². The van der Waals surface area contributed by atoms with Crippen LogP contribution in [0, 0.1) is 5.41 Å². The highest BCUT2D eigenvalue weighted by molar-refractivity contribution is 5.85. The third kappa shape index (κ3) is 3.40. The highest BCUT2D eigenvalue weighted by atomic mass is 35.5. The molecule has 1 aliphatic heterocycles. The van der Waals surface area contributed by atoms with E-state index in [0.717, 1.165) is 31.7 Å². The summed E-state index contributed by atoms with van der Waals surface area (Å²) in [5, 5.41) is 8.07. The Kier molecular flexibility index (Phi) is 4.52. The van der Waals surface area contributed by atoms with Gasteiger partial charge in [0.05, 0.1) is 5.69 Å². The van der Waals surface area contributed by atoms with Gasteiger partial charge in [-0.2, -0.15) is 0 Å². The minimum absolute atomic E-state index is 0. The molecule has 0 aliphatic carbocycles. The van der Waals surface area contributed by atoms with Gasteiger partial charge in [0.25, 0.3) is 0 Å². The van der Waals surface area contributed by atoms with Crippen LogP contribution >= 0.6 is 12.4 Å². The van der Waals surface area contributed by atoms with E-state index in [2.05, 4.69) is 29.1 Å². The minimum Gasteiger partial charge on any atom is -0.327 e. The van der Waals surface area contributed by atoms with Crippen molar-refractivity contribution in [1.29, 1.82) is 0 Å². The summed E-state index contributed by atoms with van der Waals surface area (Å²) in [6.07, 6.45) is 3.04. The molecule has 0 bridgehead atoms. The number of halogens is 1. The van der Waals surface area contributed by atoms with Gasteiger partial charge in [-0.05, 0) is 11.8 Å². The van der Waals surface area contributed by atoms with Crippen LogP contribution in [0.4, 0.5) is 0 Å². The first-order chi connectivity index (χ1) is 7.47. The molecule has 1 unspecified atom stereocenters. The van der Waals surface area contributed by atoms with Crippen LogP contribution in [0.3, 0.4) is 0 Å². The van der Waals surface area contributed by atoms with E-state index in [-0.39, 0.29) is 17.8 Å². The number of hydrogen-bond donors (Lipinski definition) is 1. The molecule has 0 saturated carbocycles. The SMILES string of the molecule is Cl.Cn1cc(CN2CCC(N)C(C)(C)C2)nn1. The topological polar surface area (TPSA) is 60.0 Å². The van der Waals surface area contributed by atoms with Crippen molar-refractivity contribution in [2.75, 3.05) is 13.1 Å². The Morgan fingerprint density at radius 3 is 2.76 bits per heavy atom. The van der Waals surface area contributed by atoms with Gasteiger partial charge >= 0.3 is 0 Å². The second-order valence-electron chi connectivity index (χ2n) is 5.48. The summed E-state index contributed by atoms with van der Waals surface area (Å²) >= 11 is 0. The molecule has 1 saturated heterocycles. The lowest BCUT2D eigenvalue weighted by Crippen LogP contribution is -2.52. The van der Waals surface area contributed by atoms with Gasteiger partial charge in [-0.1, -0.05) is 19.1 Å². The average Bonchev–Trinajstić information content (AvgIpc) is 2.57. The summed E-state index contributed by atoms with van der Waals surface area (Å²) in [5.74, 6) is 0. The van der Waals surface area contributed by atoms with Crippen LogP contribution in [0.15, 0.2) is 6.20 Å². The Labute approximate surface area is 109 Å². The molecule has 98 valence electrons. The number of aromatic nitrogens is 3. The van der Waals surface area contributed by atoms with Gasteiger partial charge in [0.15, 0.2) is 0 Å². The summed E-state index contributed by atoms with van der Waals surface area (Å²) in [5.41, 5.74) is 7.34. The largest absolute Gasteiger partial charge is 0.327 e. The maximum absolute atomic E-state index is 6.11. The van der Waals surface area contributed by atoms with Crippen molar-refractivity contribution in [3.05, 3.63) is 11.9 Å². The second-order valence-corrected chi connectivity index (χ2v) is 5.48. The van der Waals surface area contributed by atoms with E-state index in [0.29, 0.717) is 6.04 Å². The Hall–Kier alpha value is -0.650. The molecule has 6 heteroatoms. The number of hydrogen-bond acceptors (Lipinski definition) is 4. The van der Waals surface area contributed by atoms with Crippen LogP contribution in [-0.4, -0.2) is 39.0 Å². The first kappa shape index (κ1) is 14.4. The summed E-state index contributed by atoms with van der Waals surface area (Å²) < 4.78 is 1.75. The highest BCUT2D eigenvalue weighted by Crippen LogP contribution is 2.28. The normalized spacial score (nSPS) is 24.4. The van der Waals surface area contributed by atoms with Gasteiger partial charge in [0, 0.05) is 38.9 Å². The fourth-order valence-corrected chi connectivity index (χ4v) is 2.32. The van der Waals surface area contributed by atoms with Crippen LogP contribution in [0.2, 0.25) is 0 Å². The molecule has 0 radical (unpaired) electrons. The third-order valence-corrected chi connectivity index (χ3v) is 3.43. The number of likely N-dealkylation sites (tertiary alicyclic amines) is 1. The Bertz CT molecular complexity index is 362. The summed E-state index contributed by atoms with van der Waals surface area (Å²) in [6, 6.07) is 0.311. The van der Waals surface area contributed by atoms with E-state index in [1.165, 1.54) is 0 Å². The fourth-order valence-electron chi connectivity index (χ4n) is 2.32. The zero-order valence-corrected chi connectivity index (χ0v) is 11.6. The maximum atomic E-state index is 6.11. The molecular formula is C11H22ClN5. The molecule has 2 heterocycles. The summed E-state index contributed by atoms with van der Waals surface area (Å²) in [6.45, 7) is 7.44. The Balaban J connectivity index is 0.00000144. The molecule has 0 spiro atoms. The number of piperidine rings is 1. The summed E-state index contributed by atoms with van der Waals surface area (Å²) in [4.78, 5) is 2.41. The molecule has 5 nitrogen and oxygen atoms in total. The van der Waals surface area contributed by atoms with Crippen LogP contribution in [0.25, 0.3) is 0 Å². The highest BCUT2D eigenvalue weighted by Gasteiger charge is 2.33. The van der Waals surface area contributed by atoms with E-state index in [1.54, 1.807) is 4.68 Å². The molecule has 0 aromatic carbocycles. The van der Waals surface area contributed by atoms with E-state index >= 15 is 0 Å². The standard InChI is InChI=1S/C11H21N5.ClH/c1-11(2)8-16(5-4-10(11)12)7-9-6-15(3)14-13-9;/h6,10H,4-5,7-8,12H2,1-3H3;1H. The fraction of sp³-hybridized carbons (Fsp3) is 0.818. The van der Waals surface area contributed by atoms with Gasteiger partial charge in [0.1, 0.15) is 0 Å². The smallest absolute Gasteiger partial charge is 0.0967 e. The molecular weight excluding hydrogens is 238 g/mol. The molecule has 1 aliphatic rings. The average molecular weight is 260 g/mol. The van der Waals surface area contributed by atoms with Crippen molar-refractivity contribution in [2.45, 2.75) is 32.9 Å². The molecule has 1 aromatic heterocycles. The van der Waals surface area contributed by atoms with Gasteiger partial charge in [-0.15, -0.1) is 17.5 Å². The predicted molar refractivity (Wildman–Crippen MR) is 69.9 cm³/mol. The van der Waals surface area contributed by atoms with Crippen molar-refractivity contribution in [3.8, 4) is 0 Å². The lowest BCUT2D eigenvalue weighted by atomic mass is 9.80. The number of nitrogens with zero attached hydrogens (tertiary/aromatic N) is 4. The number of aryl methyl sites for hydroxylation is 1. The lowest BCUT2D eigenvalue weighted by Gasteiger charge is -2.42. The monoisotopic (exact) mass is 259 g/mol. The molecule has 1 atom stereocenters. The lowest BCUT2D eigenvalue weighted by molar-refractivity contribution is 0.0889. The third-order valence-electron chi connectivity index (χ3n) is 3.43. The van der Waals surface area contributed by atoms with Crippen molar-refractivity contribution in [2.24, 2.45) is 18.2 Å². The molecule has 0 amide bonds. The van der Waals surface area contributed by atoms with Crippen LogP contribution in [0.5, 0.6) is 0 Å². The number of rotatable bonds is 2. The van der Waals surface area contributed by atoms with Gasteiger partial charge in [-0.25, -0.2) is 0 Å². The van der Waals surface area contributed by atoms with Crippen molar-refractivity contribution >= 4 is 12.4 Å². The van der Waals surface area contributed by atoms with E-state index in [4.69, 9.17) is 5.73 Å². The molecule has 17 heavy (non-hydrogen) atoms. The van der Waals surface area contributed by atoms with Crippen LogP contribution in [0.1, 0.15) is 26.0 Å². The zero-order chi connectivity index (χ0) is 11.8. The minimum atomic E-state index is 0. The molecule has 2 rings (SSSR count). The molecule has 1 fully saturated rings. The summed E-state index contributed by atoms with van der Waals surface area (Å²) in [7, 11) is 1.90. The first-order valence-electron chi connectivity index (χ1n) is 5.80.